The Morgan fingerprint density at radius 3 is 2.46 bits per heavy atom. The summed E-state index contributed by atoms with van der Waals surface area (Å²) in [5.74, 6) is 0.343. The van der Waals surface area contributed by atoms with Gasteiger partial charge in [0, 0.05) is 18.2 Å². The van der Waals surface area contributed by atoms with Crippen LogP contribution in [0.4, 0.5) is 0 Å². The van der Waals surface area contributed by atoms with Gasteiger partial charge in [0.15, 0.2) is 5.69 Å². The van der Waals surface area contributed by atoms with Crippen molar-refractivity contribution < 1.29 is 9.53 Å². The van der Waals surface area contributed by atoms with Gasteiger partial charge in [-0.05, 0) is 24.6 Å². The first-order valence-electron chi connectivity index (χ1n) is 9.39. The molecule has 0 spiro atoms. The average Bonchev–Trinajstić information content (AvgIpc) is 3.05. The molecular weight excluding hydrogens is 348 g/mol. The third-order valence-electron chi connectivity index (χ3n) is 4.92. The molecule has 4 aromatic rings. The SMILES string of the molecule is CCOC(=O)c1nc(-c2cccc3ccccc23)n(C)c1-c1ccc(C)cc1. The van der Waals surface area contributed by atoms with Crippen LogP contribution in [0.3, 0.4) is 0 Å². The number of aromatic nitrogens is 2. The second-order valence-electron chi connectivity index (χ2n) is 6.80. The maximum absolute atomic E-state index is 12.7. The van der Waals surface area contributed by atoms with E-state index in [1.165, 1.54) is 0 Å². The fraction of sp³-hybridized carbons (Fsp3) is 0.167. The molecule has 0 aliphatic heterocycles. The Labute approximate surface area is 164 Å². The number of benzene rings is 3. The van der Waals surface area contributed by atoms with E-state index in [9.17, 15) is 4.79 Å². The molecule has 4 rings (SSSR count). The van der Waals surface area contributed by atoms with E-state index in [2.05, 4.69) is 18.2 Å². The second-order valence-corrected chi connectivity index (χ2v) is 6.80. The van der Waals surface area contributed by atoms with E-state index in [4.69, 9.17) is 9.72 Å². The molecule has 0 bridgehead atoms. The molecule has 0 saturated carbocycles. The van der Waals surface area contributed by atoms with E-state index >= 15 is 0 Å². The highest BCUT2D eigenvalue weighted by Gasteiger charge is 2.24. The van der Waals surface area contributed by atoms with Crippen LogP contribution in [0.15, 0.2) is 66.7 Å². The standard InChI is InChI=1S/C24H22N2O2/c1-4-28-24(27)21-22(18-14-12-16(2)13-15-18)26(3)23(25-21)20-11-7-9-17-8-5-6-10-19(17)20/h5-15H,4H2,1-3H3. The summed E-state index contributed by atoms with van der Waals surface area (Å²) in [7, 11) is 1.95. The number of carbonyl (C=O) groups is 1. The van der Waals surface area contributed by atoms with Crippen molar-refractivity contribution in [2.45, 2.75) is 13.8 Å². The molecule has 1 aromatic heterocycles. The van der Waals surface area contributed by atoms with Crippen molar-refractivity contribution in [2.24, 2.45) is 7.05 Å². The number of imidazole rings is 1. The zero-order chi connectivity index (χ0) is 19.7. The fourth-order valence-corrected chi connectivity index (χ4v) is 3.54. The van der Waals surface area contributed by atoms with E-state index in [-0.39, 0.29) is 0 Å². The summed E-state index contributed by atoms with van der Waals surface area (Å²) >= 11 is 0. The Hall–Kier alpha value is -3.40. The molecule has 1 heterocycles. The number of hydrogen-bond donors (Lipinski definition) is 0. The van der Waals surface area contributed by atoms with Crippen LogP contribution in [0.2, 0.25) is 0 Å². The van der Waals surface area contributed by atoms with Gasteiger partial charge in [0.2, 0.25) is 0 Å². The van der Waals surface area contributed by atoms with E-state index < -0.39 is 5.97 Å². The zero-order valence-corrected chi connectivity index (χ0v) is 16.3. The van der Waals surface area contributed by atoms with Gasteiger partial charge in [0.25, 0.3) is 0 Å². The number of ether oxygens (including phenoxy) is 1. The smallest absolute Gasteiger partial charge is 0.359 e. The summed E-state index contributed by atoms with van der Waals surface area (Å²) in [5, 5.41) is 2.24. The molecule has 0 aliphatic carbocycles. The Morgan fingerprint density at radius 1 is 1.00 bits per heavy atom. The Kier molecular flexibility index (Phi) is 4.70. The lowest BCUT2D eigenvalue weighted by Gasteiger charge is -2.09. The molecule has 0 saturated heterocycles. The van der Waals surface area contributed by atoms with Crippen LogP contribution in [-0.4, -0.2) is 22.1 Å². The van der Waals surface area contributed by atoms with Crippen LogP contribution < -0.4 is 0 Å². The van der Waals surface area contributed by atoms with Gasteiger partial charge >= 0.3 is 5.97 Å². The molecule has 28 heavy (non-hydrogen) atoms. The normalized spacial score (nSPS) is 11.0. The van der Waals surface area contributed by atoms with Gasteiger partial charge in [-0.2, -0.15) is 0 Å². The minimum absolute atomic E-state index is 0.312. The molecule has 0 aliphatic rings. The van der Waals surface area contributed by atoms with Gasteiger partial charge < -0.3 is 9.30 Å². The first-order valence-corrected chi connectivity index (χ1v) is 9.39. The van der Waals surface area contributed by atoms with E-state index in [0.717, 1.165) is 39.0 Å². The van der Waals surface area contributed by atoms with Crippen molar-refractivity contribution in [3.63, 3.8) is 0 Å². The summed E-state index contributed by atoms with van der Waals surface area (Å²) in [6.45, 7) is 4.16. The molecule has 3 aromatic carbocycles. The second kappa shape index (κ2) is 7.31. The predicted molar refractivity (Wildman–Crippen MR) is 112 cm³/mol. The number of rotatable bonds is 4. The summed E-state index contributed by atoms with van der Waals surface area (Å²) in [6, 6.07) is 22.4. The van der Waals surface area contributed by atoms with Crippen molar-refractivity contribution in [3.05, 3.63) is 78.0 Å². The van der Waals surface area contributed by atoms with E-state index in [1.54, 1.807) is 6.92 Å². The highest BCUT2D eigenvalue weighted by atomic mass is 16.5. The molecular formula is C24H22N2O2. The summed E-state index contributed by atoms with van der Waals surface area (Å²) in [4.78, 5) is 17.4. The van der Waals surface area contributed by atoms with Gasteiger partial charge in [-0.3, -0.25) is 0 Å². The monoisotopic (exact) mass is 370 g/mol. The van der Waals surface area contributed by atoms with E-state index in [0.29, 0.717) is 12.3 Å². The molecule has 0 radical (unpaired) electrons. The Bertz CT molecular complexity index is 1150. The van der Waals surface area contributed by atoms with Gasteiger partial charge in [0.1, 0.15) is 5.82 Å². The Balaban J connectivity index is 1.98. The summed E-state index contributed by atoms with van der Waals surface area (Å²) in [5.41, 5.74) is 4.20. The maximum Gasteiger partial charge on any atom is 0.359 e. The number of carbonyl (C=O) groups excluding carboxylic acids is 1. The Morgan fingerprint density at radius 2 is 1.71 bits per heavy atom. The van der Waals surface area contributed by atoms with Crippen molar-refractivity contribution in [2.75, 3.05) is 6.61 Å². The van der Waals surface area contributed by atoms with Crippen LogP contribution in [-0.2, 0) is 11.8 Å². The van der Waals surface area contributed by atoms with Crippen molar-refractivity contribution in [3.8, 4) is 22.6 Å². The van der Waals surface area contributed by atoms with Crippen LogP contribution in [0.5, 0.6) is 0 Å². The topological polar surface area (TPSA) is 44.1 Å². The molecule has 0 unspecified atom stereocenters. The molecule has 0 N–H and O–H groups in total. The molecule has 0 fully saturated rings. The zero-order valence-electron chi connectivity index (χ0n) is 16.3. The van der Waals surface area contributed by atoms with Gasteiger partial charge in [0.05, 0.1) is 12.3 Å². The van der Waals surface area contributed by atoms with Crippen LogP contribution in [0.25, 0.3) is 33.4 Å². The highest BCUT2D eigenvalue weighted by Crippen LogP contribution is 2.33. The third kappa shape index (κ3) is 3.07. The lowest BCUT2D eigenvalue weighted by Crippen LogP contribution is -2.07. The summed E-state index contributed by atoms with van der Waals surface area (Å²) in [6.07, 6.45) is 0. The molecule has 4 nitrogen and oxygen atoms in total. The molecule has 0 amide bonds. The molecule has 4 heteroatoms. The lowest BCUT2D eigenvalue weighted by atomic mass is 10.0. The third-order valence-corrected chi connectivity index (χ3v) is 4.92. The van der Waals surface area contributed by atoms with Crippen molar-refractivity contribution in [1.29, 1.82) is 0 Å². The van der Waals surface area contributed by atoms with Crippen molar-refractivity contribution >= 4 is 16.7 Å². The molecule has 140 valence electrons. The number of aryl methyl sites for hydroxylation is 1. The highest BCUT2D eigenvalue weighted by molar-refractivity contribution is 5.99. The molecule has 0 atom stereocenters. The predicted octanol–water partition coefficient (Wildman–Crippen LogP) is 5.39. The first-order chi connectivity index (χ1) is 13.6. The van der Waals surface area contributed by atoms with Gasteiger partial charge in [-0.1, -0.05) is 72.3 Å². The van der Waals surface area contributed by atoms with Crippen molar-refractivity contribution in [1.82, 2.24) is 9.55 Å². The number of esters is 1. The van der Waals surface area contributed by atoms with E-state index in [1.807, 2.05) is 67.1 Å². The van der Waals surface area contributed by atoms with Gasteiger partial charge in [-0.25, -0.2) is 9.78 Å². The number of fused-ring (bicyclic) bond motifs is 1. The van der Waals surface area contributed by atoms with Crippen LogP contribution in [0, 0.1) is 6.92 Å². The average molecular weight is 370 g/mol. The van der Waals surface area contributed by atoms with Crippen LogP contribution in [0.1, 0.15) is 23.0 Å². The summed E-state index contributed by atoms with van der Waals surface area (Å²) < 4.78 is 7.28. The minimum atomic E-state index is -0.403. The number of hydrogen-bond acceptors (Lipinski definition) is 3. The largest absolute Gasteiger partial charge is 0.461 e. The quantitative estimate of drug-likeness (QED) is 0.452. The maximum atomic E-state index is 12.7. The lowest BCUT2D eigenvalue weighted by molar-refractivity contribution is 0.0521. The van der Waals surface area contributed by atoms with Gasteiger partial charge in [-0.15, -0.1) is 0 Å². The first kappa shape index (κ1) is 18.0. The minimum Gasteiger partial charge on any atom is -0.461 e. The number of nitrogens with zero attached hydrogens (tertiary/aromatic N) is 2. The fourth-order valence-electron chi connectivity index (χ4n) is 3.54. The van der Waals surface area contributed by atoms with Crippen LogP contribution >= 0.6 is 0 Å².